The van der Waals surface area contributed by atoms with Gasteiger partial charge in [-0.3, -0.25) is 4.79 Å². The van der Waals surface area contributed by atoms with Crippen molar-refractivity contribution in [1.29, 1.82) is 0 Å². The summed E-state index contributed by atoms with van der Waals surface area (Å²) in [4.78, 5) is 28.0. The number of hydrogen-bond donors (Lipinski definition) is 0. The van der Waals surface area contributed by atoms with Gasteiger partial charge in [-0.15, -0.1) is 0 Å². The maximum Gasteiger partial charge on any atom is 0.338 e. The molecule has 0 unspecified atom stereocenters. The largest absolute Gasteiger partial charge is 0.497 e. The van der Waals surface area contributed by atoms with Gasteiger partial charge < -0.3 is 37.9 Å². The van der Waals surface area contributed by atoms with Crippen LogP contribution in [0.4, 0.5) is 0 Å². The van der Waals surface area contributed by atoms with Crippen molar-refractivity contribution < 1.29 is 47.5 Å². The van der Waals surface area contributed by atoms with E-state index in [2.05, 4.69) is 0 Å². The first-order chi connectivity index (χ1) is 27.1. The molecule has 298 valence electrons. The van der Waals surface area contributed by atoms with E-state index < -0.39 is 41.3 Å². The van der Waals surface area contributed by atoms with E-state index in [0.29, 0.717) is 31.8 Å². The molecule has 1 saturated heterocycles. The molecule has 0 radical (unpaired) electrons. The number of ether oxygens (including phenoxy) is 8. The predicted octanol–water partition coefficient (Wildman–Crippen LogP) is 8.31. The molecule has 0 bridgehead atoms. The molecule has 10 heteroatoms. The maximum absolute atomic E-state index is 14.5. The average Bonchev–Trinajstić information content (AvgIpc) is 3.23. The third-order valence-electron chi connectivity index (χ3n) is 9.99. The molecule has 0 saturated carbocycles. The lowest BCUT2D eigenvalue weighted by molar-refractivity contribution is -0.295. The van der Waals surface area contributed by atoms with Crippen molar-refractivity contribution in [3.63, 3.8) is 0 Å². The van der Waals surface area contributed by atoms with Crippen LogP contribution in [0.2, 0.25) is 0 Å². The predicted molar refractivity (Wildman–Crippen MR) is 212 cm³/mol. The molecular weight excluding hydrogens is 712 g/mol. The summed E-state index contributed by atoms with van der Waals surface area (Å²) >= 11 is 0. The van der Waals surface area contributed by atoms with Gasteiger partial charge in [0.25, 0.3) is 0 Å². The molecule has 4 aromatic rings. The van der Waals surface area contributed by atoms with Gasteiger partial charge in [0, 0.05) is 25.4 Å². The normalized spacial score (nSPS) is 19.7. The van der Waals surface area contributed by atoms with Gasteiger partial charge in [-0.1, -0.05) is 98.8 Å². The van der Waals surface area contributed by atoms with E-state index in [4.69, 9.17) is 37.9 Å². The van der Waals surface area contributed by atoms with E-state index >= 15 is 0 Å². The minimum Gasteiger partial charge on any atom is -0.497 e. The van der Waals surface area contributed by atoms with Crippen LogP contribution in [0.3, 0.4) is 0 Å². The Morgan fingerprint density at radius 3 is 1.93 bits per heavy atom. The molecule has 0 aliphatic carbocycles. The lowest BCUT2D eigenvalue weighted by atomic mass is 9.76. The second-order valence-corrected chi connectivity index (χ2v) is 14.3. The van der Waals surface area contributed by atoms with Crippen molar-refractivity contribution >= 4 is 11.8 Å². The van der Waals surface area contributed by atoms with Gasteiger partial charge in [-0.25, -0.2) is 4.79 Å². The molecule has 1 aliphatic heterocycles. The Hall–Kier alpha value is -4.84. The second kappa shape index (κ2) is 20.4. The Balaban J connectivity index is 1.38. The molecule has 0 spiro atoms. The zero-order chi connectivity index (χ0) is 40.0. The molecule has 0 N–H and O–H groups in total. The number of Topliss-reactive ketones (excluding diaryl/α,β-unsaturated/α-hetero) is 1. The van der Waals surface area contributed by atoms with Crippen LogP contribution in [0.15, 0.2) is 121 Å². The molecule has 56 heavy (non-hydrogen) atoms. The van der Waals surface area contributed by atoms with Crippen molar-refractivity contribution in [2.45, 2.75) is 83.6 Å². The molecule has 1 aliphatic rings. The van der Waals surface area contributed by atoms with E-state index in [1.165, 1.54) is 7.11 Å². The third-order valence-corrected chi connectivity index (χ3v) is 9.99. The highest BCUT2D eigenvalue weighted by atomic mass is 16.7. The first-order valence-corrected chi connectivity index (χ1v) is 18.9. The molecule has 0 aromatic heterocycles. The summed E-state index contributed by atoms with van der Waals surface area (Å²) in [6, 6.07) is 33.9. The standard InChI is InChI=1S/C46H54O10/c1-33(53-31-34-14-9-7-10-15-34)41(54-32-36-20-24-39(50-5)25-21-36)28-40-29-42(55-44(48)37-16-11-8-12-17-37)43(47)46(51-6,56-40)45(2,3)26-13-27-52-30-35-18-22-38(49-4)23-19-35/h7-26,33,40-42H,27-32H2,1-6H3/b26-13+/t33-,40+,41-,42-,46+/m0/s1. The zero-order valence-corrected chi connectivity index (χ0v) is 33.2. The van der Waals surface area contributed by atoms with Gasteiger partial charge >= 0.3 is 5.97 Å². The van der Waals surface area contributed by atoms with Crippen LogP contribution in [0.1, 0.15) is 60.7 Å². The molecular formula is C46H54O10. The van der Waals surface area contributed by atoms with Gasteiger partial charge in [-0.2, -0.15) is 0 Å². The molecule has 5 rings (SSSR count). The SMILES string of the molecule is COc1ccc(COC/C=C/C(C)(C)[C@]2(OC)O[C@H](C[C@H](OCc3ccc(OC)cc3)[C@H](C)OCc3ccccc3)C[C@H](OC(=O)c3ccccc3)C2=O)cc1. The highest BCUT2D eigenvalue weighted by Gasteiger charge is 2.59. The van der Waals surface area contributed by atoms with E-state index in [1.807, 2.05) is 118 Å². The number of benzene rings is 4. The molecule has 1 heterocycles. The summed E-state index contributed by atoms with van der Waals surface area (Å²) in [5.74, 6) is -1.40. The number of carbonyl (C=O) groups is 2. The monoisotopic (exact) mass is 766 g/mol. The number of methoxy groups -OCH3 is 3. The Bertz CT molecular complexity index is 1830. The Kier molecular flexibility index (Phi) is 15.4. The van der Waals surface area contributed by atoms with E-state index in [9.17, 15) is 9.59 Å². The summed E-state index contributed by atoms with van der Waals surface area (Å²) < 4.78 is 48.3. The first-order valence-electron chi connectivity index (χ1n) is 18.9. The fraction of sp³-hybridized carbons (Fsp3) is 0.391. The van der Waals surface area contributed by atoms with Crippen molar-refractivity contribution in [2.75, 3.05) is 27.9 Å². The van der Waals surface area contributed by atoms with Crippen molar-refractivity contribution in [3.8, 4) is 11.5 Å². The lowest BCUT2D eigenvalue weighted by Crippen LogP contribution is -2.64. The van der Waals surface area contributed by atoms with Crippen LogP contribution in [0, 0.1) is 5.41 Å². The zero-order valence-electron chi connectivity index (χ0n) is 33.2. The van der Waals surface area contributed by atoms with Crippen molar-refractivity contribution in [2.24, 2.45) is 5.41 Å². The van der Waals surface area contributed by atoms with Crippen LogP contribution in [0.5, 0.6) is 11.5 Å². The highest BCUT2D eigenvalue weighted by Crippen LogP contribution is 2.44. The van der Waals surface area contributed by atoms with Crippen molar-refractivity contribution in [1.82, 2.24) is 0 Å². The summed E-state index contributed by atoms with van der Waals surface area (Å²) in [6.45, 7) is 7.02. The maximum atomic E-state index is 14.5. The number of hydrogen-bond acceptors (Lipinski definition) is 10. The summed E-state index contributed by atoms with van der Waals surface area (Å²) in [5.41, 5.74) is 2.28. The number of esters is 1. The van der Waals surface area contributed by atoms with Crippen LogP contribution < -0.4 is 9.47 Å². The summed E-state index contributed by atoms with van der Waals surface area (Å²) in [5, 5.41) is 0. The fourth-order valence-electron chi connectivity index (χ4n) is 6.70. The summed E-state index contributed by atoms with van der Waals surface area (Å²) in [6.07, 6.45) is 1.44. The average molecular weight is 767 g/mol. The van der Waals surface area contributed by atoms with Gasteiger partial charge in [0.05, 0.1) is 64.5 Å². The molecule has 4 aromatic carbocycles. The highest BCUT2D eigenvalue weighted by molar-refractivity contribution is 5.96. The van der Waals surface area contributed by atoms with Crippen LogP contribution >= 0.6 is 0 Å². The van der Waals surface area contributed by atoms with Gasteiger partial charge in [0.15, 0.2) is 6.10 Å². The molecule has 10 nitrogen and oxygen atoms in total. The van der Waals surface area contributed by atoms with Gasteiger partial charge in [0.1, 0.15) is 11.5 Å². The second-order valence-electron chi connectivity index (χ2n) is 14.3. The Labute approximate surface area is 330 Å². The fourth-order valence-corrected chi connectivity index (χ4v) is 6.70. The molecule has 0 amide bonds. The smallest absolute Gasteiger partial charge is 0.338 e. The van der Waals surface area contributed by atoms with E-state index in [-0.39, 0.29) is 19.1 Å². The first kappa shape index (κ1) is 42.3. The summed E-state index contributed by atoms with van der Waals surface area (Å²) in [7, 11) is 4.69. The topological polar surface area (TPSA) is 108 Å². The number of rotatable bonds is 20. The van der Waals surface area contributed by atoms with E-state index in [0.717, 1.165) is 28.2 Å². The van der Waals surface area contributed by atoms with Gasteiger partial charge in [0.2, 0.25) is 11.6 Å². The minimum absolute atomic E-state index is 0.0983. The Morgan fingerprint density at radius 2 is 1.34 bits per heavy atom. The van der Waals surface area contributed by atoms with Crippen LogP contribution in [-0.2, 0) is 53.0 Å². The number of ketones is 1. The van der Waals surface area contributed by atoms with Gasteiger partial charge in [-0.05, 0) is 60.0 Å². The van der Waals surface area contributed by atoms with E-state index in [1.54, 1.807) is 38.5 Å². The minimum atomic E-state index is -1.82. The van der Waals surface area contributed by atoms with Crippen LogP contribution in [-0.4, -0.2) is 69.9 Å². The molecule has 1 fully saturated rings. The third kappa shape index (κ3) is 11.1. The van der Waals surface area contributed by atoms with Crippen LogP contribution in [0.25, 0.3) is 0 Å². The Morgan fingerprint density at radius 1 is 0.786 bits per heavy atom. The molecule has 5 atom stereocenters. The lowest BCUT2D eigenvalue weighted by Gasteiger charge is -2.49. The quantitative estimate of drug-likeness (QED) is 0.0495. The van der Waals surface area contributed by atoms with Crippen molar-refractivity contribution in [3.05, 3.63) is 144 Å². The number of carbonyl (C=O) groups excluding carboxylic acids is 2.